The van der Waals surface area contributed by atoms with Crippen LogP contribution in [0.2, 0.25) is 0 Å². The molecule has 1 aromatic heterocycles. The molecule has 1 unspecified atom stereocenters. The third kappa shape index (κ3) is 7.94. The van der Waals surface area contributed by atoms with Crippen LogP contribution < -0.4 is 22.7 Å². The number of alkyl halides is 2. The van der Waals surface area contributed by atoms with Gasteiger partial charge in [0.25, 0.3) is 10.0 Å². The van der Waals surface area contributed by atoms with Gasteiger partial charge in [-0.05, 0) is 51.1 Å². The fourth-order valence-electron chi connectivity index (χ4n) is 4.13. The van der Waals surface area contributed by atoms with Crippen molar-refractivity contribution < 1.29 is 57.9 Å². The lowest BCUT2D eigenvalue weighted by molar-refractivity contribution is -0.0981. The summed E-state index contributed by atoms with van der Waals surface area (Å²) in [5.41, 5.74) is -0.910. The van der Waals surface area contributed by atoms with Crippen molar-refractivity contribution in [2.75, 3.05) is 38.4 Å². The van der Waals surface area contributed by atoms with Crippen molar-refractivity contribution in [1.82, 2.24) is 15.0 Å². The van der Waals surface area contributed by atoms with Gasteiger partial charge in [-0.2, -0.15) is 27.2 Å². The van der Waals surface area contributed by atoms with E-state index < -0.39 is 54.6 Å². The van der Waals surface area contributed by atoms with Crippen LogP contribution in [0.4, 0.5) is 18.9 Å². The Balaban J connectivity index is 0.000000266. The monoisotopic (exact) mass is 692 g/mol. The molecule has 0 amide bonds. The molecular weight excluding hydrogens is 661 g/mol. The molecule has 1 atom stereocenters. The van der Waals surface area contributed by atoms with Gasteiger partial charge in [-0.25, -0.2) is 12.8 Å². The number of ketones is 1. The largest absolute Gasteiger partial charge is 0.467 e. The van der Waals surface area contributed by atoms with Gasteiger partial charge in [-0.15, -0.1) is 4.98 Å². The fraction of sp³-hybridized carbons (Fsp3) is 0.407. The number of fused-ring (bicyclic) bond motifs is 1. The van der Waals surface area contributed by atoms with E-state index >= 15 is 0 Å². The number of rotatable bonds is 11. The number of aromatic nitrogens is 3. The number of para-hydroxylation sites is 1. The molecule has 0 saturated carbocycles. The topological polar surface area (TPSA) is 173 Å². The lowest BCUT2D eigenvalue weighted by atomic mass is 9.85. The van der Waals surface area contributed by atoms with E-state index in [0.29, 0.717) is 19.4 Å². The zero-order valence-corrected chi connectivity index (χ0v) is 27.3. The Morgan fingerprint density at radius 3 is 2.17 bits per heavy atom. The van der Waals surface area contributed by atoms with E-state index in [2.05, 4.69) is 15.0 Å². The predicted molar refractivity (Wildman–Crippen MR) is 157 cm³/mol. The number of nitrogens with zero attached hydrogens (tertiary/aromatic N) is 4. The van der Waals surface area contributed by atoms with Crippen LogP contribution in [0.5, 0.6) is 23.5 Å². The molecule has 0 bridgehead atoms. The van der Waals surface area contributed by atoms with E-state index in [-0.39, 0.29) is 33.8 Å². The highest BCUT2D eigenvalue weighted by Gasteiger charge is 2.42. The number of anilines is 1. The van der Waals surface area contributed by atoms with Crippen LogP contribution in [0.3, 0.4) is 0 Å². The number of sulfonamides is 1. The summed E-state index contributed by atoms with van der Waals surface area (Å²) in [6, 6.07) is 7.34. The van der Waals surface area contributed by atoms with Crippen LogP contribution in [0.1, 0.15) is 42.5 Å². The highest BCUT2D eigenvalue weighted by atomic mass is 32.2. The molecule has 0 spiro atoms. The molecular formula is C27H31F3N4O10S2. The van der Waals surface area contributed by atoms with Crippen molar-refractivity contribution in [2.24, 2.45) is 0 Å². The Morgan fingerprint density at radius 1 is 1.04 bits per heavy atom. The Labute approximate surface area is 263 Å². The minimum atomic E-state index is -5.21. The summed E-state index contributed by atoms with van der Waals surface area (Å²) >= 11 is 0. The van der Waals surface area contributed by atoms with Crippen LogP contribution in [-0.2, 0) is 30.3 Å². The second kappa shape index (κ2) is 14.0. The molecule has 2 aromatic carbocycles. The molecule has 4 rings (SSSR count). The SMILES string of the molecule is CCOC1Oc2ccc(OS(C)(=O)=O)cc2C1(C)C.COc1nc(OC)nc(C(=O)c2cccc(F)c2N(C)S(=O)(=O)C(F)F)n1. The van der Waals surface area contributed by atoms with Gasteiger partial charge in [0.2, 0.25) is 17.9 Å². The standard InChI is InChI=1S/C14H13F3N4O5S.C13H18O5S/c1-21(27(23,24)12(16)17)9-7(5-4-6-8(9)15)10(22)11-18-13(25-2)20-14(19-11)26-3;1-5-16-12-13(2,3)10-8-9(18-19(4,14)15)6-7-11(10)17-12/h4-6,12H,1-3H3;6-8,12H,5H2,1-4H3. The number of carbonyl (C=O) groups excluding carboxylic acids is 1. The van der Waals surface area contributed by atoms with Gasteiger partial charge >= 0.3 is 27.9 Å². The van der Waals surface area contributed by atoms with Crippen molar-refractivity contribution in [3.05, 3.63) is 59.2 Å². The summed E-state index contributed by atoms with van der Waals surface area (Å²) in [7, 11) is -5.62. The summed E-state index contributed by atoms with van der Waals surface area (Å²) in [5, 5.41) is 0. The first-order valence-corrected chi connectivity index (χ1v) is 16.4. The molecule has 1 aliphatic heterocycles. The summed E-state index contributed by atoms with van der Waals surface area (Å²) < 4.78 is 111. The van der Waals surface area contributed by atoms with Crippen LogP contribution in [-0.4, -0.2) is 83.7 Å². The molecule has 0 aliphatic carbocycles. The summed E-state index contributed by atoms with van der Waals surface area (Å²) in [4.78, 5) is 23.8. The number of ether oxygens (including phenoxy) is 4. The Kier molecular flexibility index (Phi) is 11.1. The Hall–Kier alpha value is -4.23. The van der Waals surface area contributed by atoms with Crippen molar-refractivity contribution in [2.45, 2.75) is 38.2 Å². The third-order valence-corrected chi connectivity index (χ3v) is 8.24. The van der Waals surface area contributed by atoms with Crippen molar-refractivity contribution in [3.8, 4) is 23.5 Å². The summed E-state index contributed by atoms with van der Waals surface area (Å²) in [6.45, 7) is 6.43. The number of carbonyl (C=O) groups is 1. The quantitative estimate of drug-likeness (QED) is 0.212. The maximum Gasteiger partial charge on any atom is 0.355 e. The molecule has 1 aliphatic rings. The molecule has 0 fully saturated rings. The number of hydrogen-bond donors (Lipinski definition) is 0. The van der Waals surface area contributed by atoms with Crippen LogP contribution >= 0.6 is 0 Å². The van der Waals surface area contributed by atoms with E-state index in [1.165, 1.54) is 14.2 Å². The zero-order valence-electron chi connectivity index (χ0n) is 25.6. The maximum absolute atomic E-state index is 14.3. The van der Waals surface area contributed by atoms with Crippen LogP contribution in [0.15, 0.2) is 36.4 Å². The van der Waals surface area contributed by atoms with Gasteiger partial charge in [-0.1, -0.05) is 6.07 Å². The predicted octanol–water partition coefficient (Wildman–Crippen LogP) is 3.31. The van der Waals surface area contributed by atoms with Gasteiger partial charge < -0.3 is 23.1 Å². The smallest absolute Gasteiger partial charge is 0.355 e. The number of halogens is 3. The average Bonchev–Trinajstić information content (AvgIpc) is 3.24. The molecule has 2 heterocycles. The molecule has 0 saturated heterocycles. The average molecular weight is 693 g/mol. The molecule has 46 heavy (non-hydrogen) atoms. The Morgan fingerprint density at radius 2 is 1.65 bits per heavy atom. The second-order valence-corrected chi connectivity index (χ2v) is 13.5. The minimum absolute atomic E-state index is 0.00408. The normalized spacial score (nSPS) is 15.2. The second-order valence-electron chi connectivity index (χ2n) is 9.94. The van der Waals surface area contributed by atoms with E-state index in [4.69, 9.17) is 23.1 Å². The van der Waals surface area contributed by atoms with E-state index in [1.54, 1.807) is 18.2 Å². The van der Waals surface area contributed by atoms with E-state index in [1.807, 2.05) is 20.8 Å². The van der Waals surface area contributed by atoms with E-state index in [9.17, 15) is 34.8 Å². The van der Waals surface area contributed by atoms with Gasteiger partial charge in [0, 0.05) is 19.2 Å². The van der Waals surface area contributed by atoms with Crippen molar-refractivity contribution >= 4 is 31.6 Å². The maximum atomic E-state index is 14.3. The highest BCUT2D eigenvalue weighted by Crippen LogP contribution is 2.44. The van der Waals surface area contributed by atoms with Crippen LogP contribution in [0.25, 0.3) is 0 Å². The van der Waals surface area contributed by atoms with Gasteiger partial charge in [0.05, 0.1) is 37.1 Å². The fourth-order valence-corrected chi connectivity index (χ4v) is 5.27. The molecule has 0 radical (unpaired) electrons. The molecule has 0 N–H and O–H groups in total. The van der Waals surface area contributed by atoms with Crippen molar-refractivity contribution in [3.63, 3.8) is 0 Å². The van der Waals surface area contributed by atoms with Crippen LogP contribution in [0, 0.1) is 5.82 Å². The summed E-state index contributed by atoms with van der Waals surface area (Å²) in [5.74, 6) is -5.66. The van der Waals surface area contributed by atoms with Gasteiger partial charge in [0.1, 0.15) is 17.3 Å². The summed E-state index contributed by atoms with van der Waals surface area (Å²) in [6.07, 6.45) is 0.645. The van der Waals surface area contributed by atoms with Crippen molar-refractivity contribution in [1.29, 1.82) is 0 Å². The highest BCUT2D eigenvalue weighted by molar-refractivity contribution is 7.93. The zero-order chi connectivity index (χ0) is 34.6. The molecule has 14 nitrogen and oxygen atoms in total. The number of hydrogen-bond acceptors (Lipinski definition) is 13. The van der Waals surface area contributed by atoms with E-state index in [0.717, 1.165) is 30.0 Å². The molecule has 3 aromatic rings. The number of methoxy groups -OCH3 is 2. The molecule has 19 heteroatoms. The third-order valence-electron chi connectivity index (χ3n) is 6.35. The number of benzene rings is 2. The first kappa shape index (κ1) is 36.2. The first-order chi connectivity index (χ1) is 21.4. The Bertz CT molecular complexity index is 1790. The first-order valence-electron chi connectivity index (χ1n) is 13.1. The van der Waals surface area contributed by atoms with Gasteiger partial charge in [-0.3, -0.25) is 9.10 Å². The lowest BCUT2D eigenvalue weighted by Gasteiger charge is -2.25. The van der Waals surface area contributed by atoms with Gasteiger partial charge in [0.15, 0.2) is 0 Å². The minimum Gasteiger partial charge on any atom is -0.467 e. The molecule has 252 valence electrons. The lowest BCUT2D eigenvalue weighted by Crippen LogP contribution is -2.34.